The van der Waals surface area contributed by atoms with Crippen molar-refractivity contribution < 1.29 is 23.1 Å². The van der Waals surface area contributed by atoms with Crippen LogP contribution in [-0.4, -0.2) is 67.0 Å². The van der Waals surface area contributed by atoms with Crippen LogP contribution in [0.2, 0.25) is 0 Å². The van der Waals surface area contributed by atoms with E-state index in [1.165, 1.54) is 4.90 Å². The number of nitrogens with one attached hydrogen (secondary N) is 1. The molecule has 2 saturated heterocycles. The van der Waals surface area contributed by atoms with Crippen LogP contribution in [0.5, 0.6) is 0 Å². The third-order valence-electron chi connectivity index (χ3n) is 2.81. The molecule has 2 rings (SSSR count). The second-order valence-electron chi connectivity index (χ2n) is 3.91. The molecular formula is C8H12N2O5S. The van der Waals surface area contributed by atoms with Crippen LogP contribution < -0.4 is 5.32 Å². The highest BCUT2D eigenvalue weighted by Gasteiger charge is 2.45. The summed E-state index contributed by atoms with van der Waals surface area (Å²) in [6.45, 7) is -0.448. The number of fused-ring (bicyclic) bond motifs is 1. The number of carbonyl (C=O) groups excluding carboxylic acids is 2. The van der Waals surface area contributed by atoms with Gasteiger partial charge in [0.25, 0.3) is 0 Å². The van der Waals surface area contributed by atoms with Crippen molar-refractivity contribution in [3.8, 4) is 0 Å². The molecule has 7 nitrogen and oxygen atoms in total. The van der Waals surface area contributed by atoms with Crippen LogP contribution in [0.15, 0.2) is 0 Å². The zero-order valence-electron chi connectivity index (χ0n) is 8.42. The van der Waals surface area contributed by atoms with E-state index in [1.54, 1.807) is 0 Å². The lowest BCUT2D eigenvalue weighted by molar-refractivity contribution is -0.149. The van der Waals surface area contributed by atoms with Crippen molar-refractivity contribution in [2.45, 2.75) is 12.1 Å². The molecule has 2 N–H and O–H groups in total. The van der Waals surface area contributed by atoms with Gasteiger partial charge in [-0.3, -0.25) is 9.59 Å². The first kappa shape index (κ1) is 11.3. The van der Waals surface area contributed by atoms with Crippen molar-refractivity contribution in [1.29, 1.82) is 0 Å². The molecule has 0 aromatic heterocycles. The van der Waals surface area contributed by atoms with Gasteiger partial charge in [0.1, 0.15) is 12.1 Å². The second-order valence-corrected chi connectivity index (χ2v) is 6.13. The first-order chi connectivity index (χ1) is 7.44. The van der Waals surface area contributed by atoms with Crippen LogP contribution in [0, 0.1) is 0 Å². The van der Waals surface area contributed by atoms with Gasteiger partial charge >= 0.3 is 0 Å². The van der Waals surface area contributed by atoms with Gasteiger partial charge in [0.05, 0.1) is 18.1 Å². The standard InChI is InChI=1S/C8H12N2O5S/c11-3-5-8(13)10-1-2-16(14,15)4-6(10)7(12)9-5/h5-6,11H,1-4H2,(H,9,12)/t5-,6+/m1/s1. The van der Waals surface area contributed by atoms with E-state index in [-0.39, 0.29) is 18.1 Å². The highest BCUT2D eigenvalue weighted by Crippen LogP contribution is 2.17. The number of amides is 2. The van der Waals surface area contributed by atoms with Crippen LogP contribution in [-0.2, 0) is 19.4 Å². The molecule has 8 heteroatoms. The fraction of sp³-hybridized carbons (Fsp3) is 0.750. The Hall–Kier alpha value is -1.15. The van der Waals surface area contributed by atoms with Gasteiger partial charge in [0.15, 0.2) is 9.84 Å². The van der Waals surface area contributed by atoms with Gasteiger partial charge < -0.3 is 15.3 Å². The van der Waals surface area contributed by atoms with Crippen molar-refractivity contribution >= 4 is 21.7 Å². The SMILES string of the molecule is O=C1N[C@H](CO)C(=O)N2CCS(=O)(=O)C[C@@H]12. The maximum absolute atomic E-state index is 11.7. The summed E-state index contributed by atoms with van der Waals surface area (Å²) in [6, 6.07) is -1.88. The zero-order valence-corrected chi connectivity index (χ0v) is 9.24. The molecule has 2 fully saturated rings. The minimum atomic E-state index is -3.25. The van der Waals surface area contributed by atoms with E-state index in [9.17, 15) is 18.0 Å². The average Bonchev–Trinajstić information content (AvgIpc) is 2.22. The molecule has 2 atom stereocenters. The second kappa shape index (κ2) is 3.70. The monoisotopic (exact) mass is 248 g/mol. The Labute approximate surface area is 92.3 Å². The Morgan fingerprint density at radius 2 is 2.12 bits per heavy atom. The van der Waals surface area contributed by atoms with Crippen LogP contribution >= 0.6 is 0 Å². The number of rotatable bonds is 1. The van der Waals surface area contributed by atoms with Crippen molar-refractivity contribution in [3.05, 3.63) is 0 Å². The normalized spacial score (nSPS) is 33.2. The van der Waals surface area contributed by atoms with Gasteiger partial charge in [0, 0.05) is 6.54 Å². The number of nitrogens with zero attached hydrogens (tertiary/aromatic N) is 1. The zero-order chi connectivity index (χ0) is 11.9. The minimum Gasteiger partial charge on any atom is -0.394 e. The lowest BCUT2D eigenvalue weighted by Gasteiger charge is -2.40. The van der Waals surface area contributed by atoms with E-state index in [4.69, 9.17) is 5.11 Å². The smallest absolute Gasteiger partial charge is 0.248 e. The molecule has 0 unspecified atom stereocenters. The van der Waals surface area contributed by atoms with Crippen molar-refractivity contribution in [2.24, 2.45) is 0 Å². The molecule has 16 heavy (non-hydrogen) atoms. The van der Waals surface area contributed by atoms with Crippen LogP contribution in [0.3, 0.4) is 0 Å². The molecular weight excluding hydrogens is 236 g/mol. The van der Waals surface area contributed by atoms with Crippen LogP contribution in [0.4, 0.5) is 0 Å². The van der Waals surface area contributed by atoms with E-state index < -0.39 is 40.3 Å². The summed E-state index contributed by atoms with van der Waals surface area (Å²) in [4.78, 5) is 24.5. The summed E-state index contributed by atoms with van der Waals surface area (Å²) in [6.07, 6.45) is 0. The summed E-state index contributed by atoms with van der Waals surface area (Å²) in [7, 11) is -3.25. The van der Waals surface area contributed by atoms with E-state index in [0.717, 1.165) is 0 Å². The Kier molecular flexibility index (Phi) is 2.62. The fourth-order valence-electron chi connectivity index (χ4n) is 1.94. The number of aliphatic hydroxyl groups excluding tert-OH is 1. The lowest BCUT2D eigenvalue weighted by Crippen LogP contribution is -2.68. The Morgan fingerprint density at radius 3 is 2.75 bits per heavy atom. The third-order valence-corrected chi connectivity index (χ3v) is 4.44. The first-order valence-electron chi connectivity index (χ1n) is 4.87. The highest BCUT2D eigenvalue weighted by atomic mass is 32.2. The average molecular weight is 248 g/mol. The number of carbonyl (C=O) groups is 2. The van der Waals surface area contributed by atoms with E-state index >= 15 is 0 Å². The molecule has 2 aliphatic rings. The highest BCUT2D eigenvalue weighted by molar-refractivity contribution is 7.91. The summed E-state index contributed by atoms with van der Waals surface area (Å²) in [5.41, 5.74) is 0. The quantitative estimate of drug-likeness (QED) is 0.518. The molecule has 0 spiro atoms. The van der Waals surface area contributed by atoms with E-state index in [1.807, 2.05) is 0 Å². The predicted molar refractivity (Wildman–Crippen MR) is 53.2 cm³/mol. The maximum Gasteiger partial charge on any atom is 0.248 e. The molecule has 90 valence electrons. The fourth-order valence-corrected chi connectivity index (χ4v) is 3.40. The van der Waals surface area contributed by atoms with Gasteiger partial charge in [0.2, 0.25) is 11.8 Å². The van der Waals surface area contributed by atoms with Gasteiger partial charge in [-0.2, -0.15) is 0 Å². The molecule has 2 amide bonds. The molecule has 0 aliphatic carbocycles. The molecule has 0 aromatic carbocycles. The number of hydrogen-bond donors (Lipinski definition) is 2. The number of aliphatic hydroxyl groups is 1. The number of hydrogen-bond acceptors (Lipinski definition) is 5. The van der Waals surface area contributed by atoms with Crippen molar-refractivity contribution in [3.63, 3.8) is 0 Å². The van der Waals surface area contributed by atoms with Gasteiger partial charge in [-0.05, 0) is 0 Å². The minimum absolute atomic E-state index is 0.0236. The van der Waals surface area contributed by atoms with E-state index in [0.29, 0.717) is 0 Å². The third kappa shape index (κ3) is 1.78. The molecule has 2 aliphatic heterocycles. The summed E-state index contributed by atoms with van der Waals surface area (Å²) in [5, 5.41) is 11.2. The topological polar surface area (TPSA) is 104 Å². The molecule has 0 bridgehead atoms. The molecule has 2 heterocycles. The summed E-state index contributed by atoms with van der Waals surface area (Å²) >= 11 is 0. The number of piperazine rings is 1. The van der Waals surface area contributed by atoms with Gasteiger partial charge in [-0.15, -0.1) is 0 Å². The lowest BCUT2D eigenvalue weighted by atomic mass is 10.1. The van der Waals surface area contributed by atoms with Crippen molar-refractivity contribution in [1.82, 2.24) is 10.2 Å². The molecule has 0 aromatic rings. The van der Waals surface area contributed by atoms with Crippen LogP contribution in [0.25, 0.3) is 0 Å². The Balaban J connectivity index is 2.26. The molecule has 0 radical (unpaired) electrons. The largest absolute Gasteiger partial charge is 0.394 e. The summed E-state index contributed by atoms with van der Waals surface area (Å²) < 4.78 is 22.7. The summed E-state index contributed by atoms with van der Waals surface area (Å²) in [5.74, 6) is -1.38. The van der Waals surface area contributed by atoms with E-state index in [2.05, 4.69) is 5.32 Å². The Morgan fingerprint density at radius 1 is 1.44 bits per heavy atom. The maximum atomic E-state index is 11.7. The van der Waals surface area contributed by atoms with Gasteiger partial charge in [-0.25, -0.2) is 8.42 Å². The van der Waals surface area contributed by atoms with Gasteiger partial charge in [-0.1, -0.05) is 0 Å². The van der Waals surface area contributed by atoms with Crippen LogP contribution in [0.1, 0.15) is 0 Å². The Bertz CT molecular complexity index is 432. The number of sulfone groups is 1. The first-order valence-corrected chi connectivity index (χ1v) is 6.69. The van der Waals surface area contributed by atoms with Crippen molar-refractivity contribution in [2.75, 3.05) is 24.7 Å². The predicted octanol–water partition coefficient (Wildman–Crippen LogP) is -2.90. The molecule has 0 saturated carbocycles.